The van der Waals surface area contributed by atoms with Crippen LogP contribution in [0, 0.1) is 12.7 Å². The van der Waals surface area contributed by atoms with Crippen molar-refractivity contribution in [3.05, 3.63) is 106 Å². The predicted molar refractivity (Wildman–Crippen MR) is 127 cm³/mol. The molecule has 0 spiro atoms. The number of nitrogens with zero attached hydrogens (tertiary/aromatic N) is 3. The molecule has 0 unspecified atom stereocenters. The SMILES string of the molecule is Cc1ccc([C@@H]2CC(c3ccccc3F)=NN2C(=O)CN(C)C(=O)c2ccc(C(F)(F)F)cc2)cc1. The molecule has 36 heavy (non-hydrogen) atoms. The topological polar surface area (TPSA) is 53.0 Å². The van der Waals surface area contributed by atoms with Crippen molar-refractivity contribution >= 4 is 17.5 Å². The van der Waals surface area contributed by atoms with Crippen LogP contribution >= 0.6 is 0 Å². The summed E-state index contributed by atoms with van der Waals surface area (Å²) in [5.41, 5.74) is 1.69. The predicted octanol–water partition coefficient (Wildman–Crippen LogP) is 5.60. The molecule has 3 aromatic carbocycles. The number of benzene rings is 3. The van der Waals surface area contributed by atoms with Crippen LogP contribution in [0.4, 0.5) is 17.6 Å². The van der Waals surface area contributed by atoms with E-state index in [0.717, 1.165) is 40.3 Å². The summed E-state index contributed by atoms with van der Waals surface area (Å²) in [6.07, 6.45) is -4.23. The van der Waals surface area contributed by atoms with Crippen LogP contribution in [0.3, 0.4) is 0 Å². The van der Waals surface area contributed by atoms with Gasteiger partial charge in [-0.1, -0.05) is 48.0 Å². The van der Waals surface area contributed by atoms with E-state index in [9.17, 15) is 27.2 Å². The molecule has 0 fully saturated rings. The maximum atomic E-state index is 14.5. The highest BCUT2D eigenvalue weighted by Crippen LogP contribution is 2.34. The minimum absolute atomic E-state index is 0.0188. The average Bonchev–Trinajstić information content (AvgIpc) is 3.29. The molecule has 2 amide bonds. The molecule has 0 saturated carbocycles. The van der Waals surface area contributed by atoms with Crippen LogP contribution in [0.1, 0.15) is 45.1 Å². The van der Waals surface area contributed by atoms with Crippen LogP contribution < -0.4 is 0 Å². The number of hydrogen-bond acceptors (Lipinski definition) is 3. The number of carbonyl (C=O) groups excluding carboxylic acids is 2. The van der Waals surface area contributed by atoms with Crippen molar-refractivity contribution in [2.45, 2.75) is 25.6 Å². The van der Waals surface area contributed by atoms with Crippen molar-refractivity contribution in [1.29, 1.82) is 0 Å². The molecule has 0 aliphatic carbocycles. The molecule has 1 aliphatic rings. The first-order chi connectivity index (χ1) is 17.0. The second-order valence-electron chi connectivity index (χ2n) is 8.63. The molecule has 186 valence electrons. The van der Waals surface area contributed by atoms with Crippen molar-refractivity contribution < 1.29 is 27.2 Å². The highest BCUT2D eigenvalue weighted by Gasteiger charge is 2.35. The van der Waals surface area contributed by atoms with E-state index in [0.29, 0.717) is 11.3 Å². The van der Waals surface area contributed by atoms with E-state index in [1.54, 1.807) is 18.2 Å². The Morgan fingerprint density at radius 2 is 1.64 bits per heavy atom. The van der Waals surface area contributed by atoms with Gasteiger partial charge in [0.15, 0.2) is 0 Å². The van der Waals surface area contributed by atoms with Gasteiger partial charge in [0.1, 0.15) is 12.4 Å². The van der Waals surface area contributed by atoms with Gasteiger partial charge < -0.3 is 4.90 Å². The zero-order valence-electron chi connectivity index (χ0n) is 19.6. The van der Waals surface area contributed by atoms with Gasteiger partial charge in [0.25, 0.3) is 11.8 Å². The minimum Gasteiger partial charge on any atom is -0.332 e. The number of amides is 2. The molecule has 0 bridgehead atoms. The second-order valence-corrected chi connectivity index (χ2v) is 8.63. The molecule has 1 atom stereocenters. The standard InChI is InChI=1S/C27H23F4N3O2/c1-17-7-9-18(10-8-17)24-15-23(21-5-3-4-6-22(21)28)32-34(24)25(35)16-33(2)26(36)19-11-13-20(14-12-19)27(29,30)31/h3-14,24H,15-16H2,1-2H3/t24-/m0/s1. The summed E-state index contributed by atoms with van der Waals surface area (Å²) in [6, 6.07) is 17.0. The van der Waals surface area contributed by atoms with E-state index < -0.39 is 35.4 Å². The fraction of sp³-hybridized carbons (Fsp3) is 0.222. The van der Waals surface area contributed by atoms with Gasteiger partial charge in [0.2, 0.25) is 0 Å². The third kappa shape index (κ3) is 5.30. The van der Waals surface area contributed by atoms with Gasteiger partial charge >= 0.3 is 6.18 Å². The van der Waals surface area contributed by atoms with Crippen LogP contribution in [0.25, 0.3) is 0 Å². The molecule has 0 aromatic heterocycles. The Balaban J connectivity index is 1.56. The number of rotatable bonds is 5. The second kappa shape index (κ2) is 9.93. The van der Waals surface area contributed by atoms with Gasteiger partial charge in [-0.25, -0.2) is 9.40 Å². The van der Waals surface area contributed by atoms with Crippen molar-refractivity contribution in [2.75, 3.05) is 13.6 Å². The van der Waals surface area contributed by atoms with Crippen molar-refractivity contribution in [1.82, 2.24) is 9.91 Å². The van der Waals surface area contributed by atoms with Crippen LogP contribution in [-0.2, 0) is 11.0 Å². The summed E-state index contributed by atoms with van der Waals surface area (Å²) >= 11 is 0. The maximum absolute atomic E-state index is 14.5. The number of halogens is 4. The first-order valence-corrected chi connectivity index (χ1v) is 11.2. The number of hydrogen-bond donors (Lipinski definition) is 0. The van der Waals surface area contributed by atoms with E-state index in [2.05, 4.69) is 5.10 Å². The number of likely N-dealkylation sites (N-methyl/N-ethyl adjacent to an activating group) is 1. The molecule has 3 aromatic rings. The van der Waals surface area contributed by atoms with E-state index >= 15 is 0 Å². The van der Waals surface area contributed by atoms with E-state index in [-0.39, 0.29) is 18.5 Å². The minimum atomic E-state index is -4.52. The Morgan fingerprint density at radius 1 is 1.00 bits per heavy atom. The lowest BCUT2D eigenvalue weighted by Crippen LogP contribution is -2.39. The first-order valence-electron chi connectivity index (χ1n) is 11.2. The fourth-order valence-corrected chi connectivity index (χ4v) is 4.02. The summed E-state index contributed by atoms with van der Waals surface area (Å²) in [5.74, 6) is -1.57. The Kier molecular flexibility index (Phi) is 6.92. The number of carbonyl (C=O) groups is 2. The normalized spacial score (nSPS) is 15.6. The molecule has 0 N–H and O–H groups in total. The number of aryl methyl sites for hydroxylation is 1. The van der Waals surface area contributed by atoms with Gasteiger partial charge in [-0.2, -0.15) is 18.3 Å². The molecule has 4 rings (SSSR count). The molecule has 9 heteroatoms. The molecule has 0 radical (unpaired) electrons. The number of hydrazone groups is 1. The Hall–Kier alpha value is -4.01. The van der Waals surface area contributed by atoms with Gasteiger partial charge in [0.05, 0.1) is 17.3 Å². The zero-order valence-corrected chi connectivity index (χ0v) is 19.6. The zero-order chi connectivity index (χ0) is 26.0. The average molecular weight is 497 g/mol. The molecular formula is C27H23F4N3O2. The summed E-state index contributed by atoms with van der Waals surface area (Å²) in [7, 11) is 1.39. The van der Waals surface area contributed by atoms with Crippen molar-refractivity contribution in [3.63, 3.8) is 0 Å². The summed E-state index contributed by atoms with van der Waals surface area (Å²) in [4.78, 5) is 27.2. The summed E-state index contributed by atoms with van der Waals surface area (Å²) in [5, 5.41) is 5.67. The van der Waals surface area contributed by atoms with Gasteiger partial charge in [-0.3, -0.25) is 9.59 Å². The smallest absolute Gasteiger partial charge is 0.332 e. The molecule has 0 saturated heterocycles. The van der Waals surface area contributed by atoms with E-state index in [1.807, 2.05) is 31.2 Å². The van der Waals surface area contributed by atoms with Crippen molar-refractivity contribution in [2.24, 2.45) is 5.10 Å². The molecule has 1 heterocycles. The number of alkyl halides is 3. The lowest BCUT2D eigenvalue weighted by Gasteiger charge is -2.25. The monoisotopic (exact) mass is 497 g/mol. The quantitative estimate of drug-likeness (QED) is 0.431. The highest BCUT2D eigenvalue weighted by atomic mass is 19.4. The van der Waals surface area contributed by atoms with Crippen molar-refractivity contribution in [3.8, 4) is 0 Å². The van der Waals surface area contributed by atoms with Crippen LogP contribution in [0.5, 0.6) is 0 Å². The van der Waals surface area contributed by atoms with Crippen LogP contribution in [0.15, 0.2) is 77.9 Å². The Bertz CT molecular complexity index is 1300. The molecule has 1 aliphatic heterocycles. The summed E-state index contributed by atoms with van der Waals surface area (Å²) < 4.78 is 52.9. The first kappa shape index (κ1) is 25.1. The lowest BCUT2D eigenvalue weighted by atomic mass is 9.97. The molecular weight excluding hydrogens is 474 g/mol. The van der Waals surface area contributed by atoms with E-state index in [4.69, 9.17) is 0 Å². The van der Waals surface area contributed by atoms with Gasteiger partial charge in [-0.15, -0.1) is 0 Å². The highest BCUT2D eigenvalue weighted by molar-refractivity contribution is 6.04. The maximum Gasteiger partial charge on any atom is 0.416 e. The summed E-state index contributed by atoms with van der Waals surface area (Å²) in [6.45, 7) is 1.57. The third-order valence-corrected chi connectivity index (χ3v) is 5.99. The Morgan fingerprint density at radius 3 is 2.25 bits per heavy atom. The fourth-order valence-electron chi connectivity index (χ4n) is 4.02. The van der Waals surface area contributed by atoms with Crippen LogP contribution in [0.2, 0.25) is 0 Å². The lowest BCUT2D eigenvalue weighted by molar-refractivity contribution is -0.137. The Labute approximate surface area is 205 Å². The third-order valence-electron chi connectivity index (χ3n) is 5.99. The largest absolute Gasteiger partial charge is 0.416 e. The van der Waals surface area contributed by atoms with Crippen LogP contribution in [-0.4, -0.2) is 41.0 Å². The molecule has 5 nitrogen and oxygen atoms in total. The van der Waals surface area contributed by atoms with E-state index in [1.165, 1.54) is 18.1 Å². The van der Waals surface area contributed by atoms with Gasteiger partial charge in [0, 0.05) is 24.6 Å². The van der Waals surface area contributed by atoms with Gasteiger partial charge in [-0.05, 0) is 42.8 Å².